The van der Waals surface area contributed by atoms with Crippen molar-refractivity contribution in [1.82, 2.24) is 19.5 Å². The van der Waals surface area contributed by atoms with E-state index in [2.05, 4.69) is 14.6 Å². The summed E-state index contributed by atoms with van der Waals surface area (Å²) in [6.07, 6.45) is 5.89. The molecule has 0 amide bonds. The zero-order valence-electron chi connectivity index (χ0n) is 8.89. The summed E-state index contributed by atoms with van der Waals surface area (Å²) in [6, 6.07) is 1.04. The molecular formula is C11H6Cl2FN4+. The van der Waals surface area contributed by atoms with Gasteiger partial charge in [0, 0.05) is 12.1 Å². The number of halogens is 3. The molecule has 0 N–H and O–H groups in total. The predicted octanol–water partition coefficient (Wildman–Crippen LogP) is 2.06. The van der Waals surface area contributed by atoms with E-state index in [1.807, 2.05) is 0 Å². The number of rotatable bonds is 1. The van der Waals surface area contributed by atoms with Gasteiger partial charge in [-0.3, -0.25) is 0 Å². The van der Waals surface area contributed by atoms with Crippen molar-refractivity contribution in [3.05, 3.63) is 46.4 Å². The summed E-state index contributed by atoms with van der Waals surface area (Å²) in [7, 11) is 0. The lowest BCUT2D eigenvalue weighted by Crippen LogP contribution is -2.29. The van der Waals surface area contributed by atoms with Crippen LogP contribution in [0, 0.1) is 0 Å². The Morgan fingerprint density at radius 1 is 1.22 bits per heavy atom. The van der Waals surface area contributed by atoms with Gasteiger partial charge in [0.15, 0.2) is 11.7 Å². The maximum absolute atomic E-state index is 13.2. The van der Waals surface area contributed by atoms with Gasteiger partial charge in [-0.25, -0.2) is 19.0 Å². The molecule has 7 heteroatoms. The van der Waals surface area contributed by atoms with E-state index in [0.717, 1.165) is 0 Å². The van der Waals surface area contributed by atoms with Gasteiger partial charge in [0.25, 0.3) is 0 Å². The van der Waals surface area contributed by atoms with Crippen LogP contribution in [0.2, 0.25) is 10.3 Å². The van der Waals surface area contributed by atoms with Gasteiger partial charge in [-0.05, 0) is 6.08 Å². The first kappa shape index (κ1) is 11.4. The second-order valence-corrected chi connectivity index (χ2v) is 4.48. The molecule has 90 valence electrons. The van der Waals surface area contributed by atoms with Gasteiger partial charge in [0.2, 0.25) is 12.3 Å². The van der Waals surface area contributed by atoms with E-state index < -0.39 is 6.04 Å². The molecule has 0 radical (unpaired) electrons. The molecule has 1 atom stereocenters. The van der Waals surface area contributed by atoms with Crippen molar-refractivity contribution in [3.8, 4) is 0 Å². The fourth-order valence-corrected chi connectivity index (χ4v) is 2.20. The lowest BCUT2D eigenvalue weighted by Gasteiger charge is -2.14. The maximum atomic E-state index is 13.2. The van der Waals surface area contributed by atoms with Crippen LogP contribution < -0.4 is 4.67 Å². The Balaban J connectivity index is 2.00. The van der Waals surface area contributed by atoms with E-state index in [1.54, 1.807) is 17.2 Å². The SMILES string of the molecule is FC1=CN2C(=[N+]=CC2c2nc(Cl)cc(Cl)n2)C=C1. The molecule has 18 heavy (non-hydrogen) atoms. The molecule has 4 nitrogen and oxygen atoms in total. The third kappa shape index (κ3) is 1.93. The molecule has 1 aromatic heterocycles. The van der Waals surface area contributed by atoms with Gasteiger partial charge >= 0.3 is 5.84 Å². The van der Waals surface area contributed by atoms with Crippen molar-refractivity contribution in [2.45, 2.75) is 6.04 Å². The smallest absolute Gasteiger partial charge is 0.216 e. The highest BCUT2D eigenvalue weighted by molar-refractivity contribution is 6.33. The van der Waals surface area contributed by atoms with Crippen LogP contribution in [0.3, 0.4) is 0 Å². The molecule has 1 unspecified atom stereocenters. The van der Waals surface area contributed by atoms with E-state index in [0.29, 0.717) is 11.7 Å². The minimum atomic E-state index is -0.396. The number of amidine groups is 1. The number of hydrogen-bond donors (Lipinski definition) is 0. The Morgan fingerprint density at radius 2 is 1.94 bits per heavy atom. The molecule has 0 saturated heterocycles. The Bertz CT molecular complexity index is 626. The number of allylic oxidation sites excluding steroid dienone is 2. The van der Waals surface area contributed by atoms with Crippen molar-refractivity contribution < 1.29 is 4.39 Å². The van der Waals surface area contributed by atoms with E-state index in [-0.39, 0.29) is 16.1 Å². The fourth-order valence-electron chi connectivity index (χ4n) is 1.76. The first-order valence-corrected chi connectivity index (χ1v) is 5.84. The van der Waals surface area contributed by atoms with Crippen molar-refractivity contribution in [1.29, 1.82) is 0 Å². The summed E-state index contributed by atoms with van der Waals surface area (Å²) in [5, 5.41) is 0.479. The van der Waals surface area contributed by atoms with Gasteiger partial charge in [-0.1, -0.05) is 23.2 Å². The number of nitrogens with zero attached hydrogens (tertiary/aromatic N) is 4. The Labute approximate surface area is 112 Å². The van der Waals surface area contributed by atoms with Crippen LogP contribution in [-0.4, -0.2) is 26.9 Å². The zero-order valence-corrected chi connectivity index (χ0v) is 10.4. The molecule has 0 saturated carbocycles. The second kappa shape index (κ2) is 4.21. The minimum absolute atomic E-state index is 0.240. The van der Waals surface area contributed by atoms with Crippen molar-refractivity contribution in [2.24, 2.45) is 0 Å². The van der Waals surface area contributed by atoms with Gasteiger partial charge in [0.1, 0.15) is 16.5 Å². The van der Waals surface area contributed by atoms with Gasteiger partial charge < -0.3 is 0 Å². The number of hydrogen-bond acceptors (Lipinski definition) is 3. The molecule has 2 aliphatic heterocycles. The quantitative estimate of drug-likeness (QED) is 0.585. The highest BCUT2D eigenvalue weighted by Crippen LogP contribution is 2.25. The molecule has 3 heterocycles. The van der Waals surface area contributed by atoms with E-state index in [9.17, 15) is 4.39 Å². The van der Waals surface area contributed by atoms with Gasteiger partial charge in [-0.2, -0.15) is 4.90 Å². The first-order chi connectivity index (χ1) is 8.63. The fraction of sp³-hybridized carbons (Fsp3) is 0.0909. The Hall–Kier alpha value is -1.68. The van der Waals surface area contributed by atoms with Crippen molar-refractivity contribution >= 4 is 35.3 Å². The molecule has 0 spiro atoms. The molecule has 0 fully saturated rings. The van der Waals surface area contributed by atoms with E-state index >= 15 is 0 Å². The molecule has 0 aliphatic carbocycles. The molecule has 1 aromatic rings. The van der Waals surface area contributed by atoms with E-state index in [4.69, 9.17) is 23.2 Å². The number of aromatic nitrogens is 2. The summed E-state index contributed by atoms with van der Waals surface area (Å²) in [5.74, 6) is 0.647. The first-order valence-electron chi connectivity index (χ1n) is 5.08. The summed E-state index contributed by atoms with van der Waals surface area (Å²) >= 11 is 11.6. The Kier molecular flexibility index (Phi) is 2.67. The van der Waals surface area contributed by atoms with Crippen LogP contribution in [0.15, 0.2) is 30.2 Å². The third-order valence-corrected chi connectivity index (χ3v) is 2.90. The normalized spacial score (nSPS) is 20.8. The maximum Gasteiger partial charge on any atom is 0.375 e. The average Bonchev–Trinajstić information content (AvgIpc) is 2.70. The van der Waals surface area contributed by atoms with Gasteiger partial charge in [0.05, 0.1) is 0 Å². The molecule has 2 aliphatic rings. The standard InChI is InChI=1S/C11H6Cl2FN4/c12-8-3-9(13)17-11(16-8)7-4-15-10-2-1-6(14)5-18(7)10/h1-5,7H/q+1. The predicted molar refractivity (Wildman–Crippen MR) is 68.2 cm³/mol. The van der Waals surface area contributed by atoms with Crippen LogP contribution in [0.4, 0.5) is 4.39 Å². The molecule has 0 bridgehead atoms. The highest BCUT2D eigenvalue weighted by Gasteiger charge is 2.38. The summed E-state index contributed by atoms with van der Waals surface area (Å²) in [6.45, 7) is 0. The summed E-state index contributed by atoms with van der Waals surface area (Å²) in [5.41, 5.74) is 0. The molecule has 0 aromatic carbocycles. The monoisotopic (exact) mass is 283 g/mol. The third-order valence-electron chi connectivity index (χ3n) is 2.51. The largest absolute Gasteiger partial charge is 0.375 e. The van der Waals surface area contributed by atoms with E-state index in [1.165, 1.54) is 18.3 Å². The zero-order chi connectivity index (χ0) is 12.7. The van der Waals surface area contributed by atoms with Crippen LogP contribution in [0.25, 0.3) is 0 Å². The minimum Gasteiger partial charge on any atom is -0.216 e. The lowest BCUT2D eigenvalue weighted by atomic mass is 10.2. The Morgan fingerprint density at radius 3 is 2.67 bits per heavy atom. The number of fused-ring (bicyclic) bond motifs is 1. The summed E-state index contributed by atoms with van der Waals surface area (Å²) in [4.78, 5) is 9.78. The van der Waals surface area contributed by atoms with Crippen LogP contribution in [0.5, 0.6) is 0 Å². The van der Waals surface area contributed by atoms with Crippen LogP contribution >= 0.6 is 23.2 Å². The van der Waals surface area contributed by atoms with Crippen molar-refractivity contribution in [2.75, 3.05) is 0 Å². The second-order valence-electron chi connectivity index (χ2n) is 3.71. The topological polar surface area (TPSA) is 43.1 Å². The average molecular weight is 284 g/mol. The van der Waals surface area contributed by atoms with Crippen LogP contribution in [-0.2, 0) is 0 Å². The van der Waals surface area contributed by atoms with Crippen LogP contribution in [0.1, 0.15) is 11.9 Å². The summed E-state index contributed by atoms with van der Waals surface area (Å²) < 4.78 is 17.4. The highest BCUT2D eigenvalue weighted by atomic mass is 35.5. The molecule has 3 rings (SSSR count). The van der Waals surface area contributed by atoms with Crippen molar-refractivity contribution in [3.63, 3.8) is 0 Å². The lowest BCUT2D eigenvalue weighted by molar-refractivity contribution is 0.484. The van der Waals surface area contributed by atoms with Gasteiger partial charge in [-0.15, -0.1) is 0 Å². The molecular weight excluding hydrogens is 278 g/mol.